The molecule has 2 heterocycles. The maximum absolute atomic E-state index is 8.50. The van der Waals surface area contributed by atoms with Crippen LogP contribution in [-0.2, 0) is 6.54 Å². The van der Waals surface area contributed by atoms with Crippen molar-refractivity contribution in [2.45, 2.75) is 31.5 Å². The Hall–Kier alpha value is -1.32. The number of rotatable bonds is 6. The monoisotopic (exact) mass is 278 g/mol. The molecule has 0 spiro atoms. The second kappa shape index (κ2) is 6.57. The lowest BCUT2D eigenvalue weighted by Crippen LogP contribution is -1.99. The summed E-state index contributed by atoms with van der Waals surface area (Å²) in [5.74, 6) is 1.85. The summed E-state index contributed by atoms with van der Waals surface area (Å²) < 4.78 is 2.13. The molecule has 0 saturated carbocycles. The molecular weight excluding hydrogens is 264 g/mol. The zero-order chi connectivity index (χ0) is 12.8. The Kier molecular flexibility index (Phi) is 4.79. The molecule has 6 heteroatoms. The number of hydrogen-bond donors (Lipinski definition) is 0. The first-order valence-electron chi connectivity index (χ1n) is 5.83. The van der Waals surface area contributed by atoms with Crippen molar-refractivity contribution >= 4 is 23.1 Å². The summed E-state index contributed by atoms with van der Waals surface area (Å²) in [5.41, 5.74) is 0. The van der Waals surface area contributed by atoms with Crippen molar-refractivity contribution in [2.24, 2.45) is 0 Å². The number of nitriles is 1. The Morgan fingerprint density at radius 2 is 2.39 bits per heavy atom. The van der Waals surface area contributed by atoms with Gasteiger partial charge in [-0.25, -0.2) is 0 Å². The van der Waals surface area contributed by atoms with Crippen LogP contribution in [0.15, 0.2) is 22.7 Å². The lowest BCUT2D eigenvalue weighted by atomic mass is 10.4. The molecule has 0 unspecified atom stereocenters. The molecule has 2 aromatic heterocycles. The van der Waals surface area contributed by atoms with Gasteiger partial charge in [0.2, 0.25) is 0 Å². The predicted molar refractivity (Wildman–Crippen MR) is 74.6 cm³/mol. The minimum Gasteiger partial charge on any atom is -0.302 e. The van der Waals surface area contributed by atoms with E-state index in [1.165, 1.54) is 0 Å². The highest BCUT2D eigenvalue weighted by Gasteiger charge is 2.13. The molecule has 0 bridgehead atoms. The topological polar surface area (TPSA) is 54.5 Å². The molecule has 0 aliphatic heterocycles. The van der Waals surface area contributed by atoms with Crippen LogP contribution >= 0.6 is 23.1 Å². The third-order valence-electron chi connectivity index (χ3n) is 2.44. The van der Waals surface area contributed by atoms with Crippen molar-refractivity contribution in [3.8, 4) is 16.8 Å². The van der Waals surface area contributed by atoms with Gasteiger partial charge in [0.25, 0.3) is 0 Å². The van der Waals surface area contributed by atoms with E-state index in [4.69, 9.17) is 5.26 Å². The Bertz CT molecular complexity index is 525. The number of thioether (sulfide) groups is 1. The van der Waals surface area contributed by atoms with Gasteiger partial charge < -0.3 is 4.57 Å². The lowest BCUT2D eigenvalue weighted by Gasteiger charge is -2.05. The van der Waals surface area contributed by atoms with Gasteiger partial charge in [-0.05, 0) is 24.8 Å². The highest BCUT2D eigenvalue weighted by atomic mass is 32.2. The van der Waals surface area contributed by atoms with E-state index in [2.05, 4.69) is 33.8 Å². The minimum atomic E-state index is 0.602. The van der Waals surface area contributed by atoms with Crippen molar-refractivity contribution in [3.63, 3.8) is 0 Å². The molecule has 2 aromatic rings. The molecule has 94 valence electrons. The SMILES string of the molecule is CCn1c(SCCCC#N)nnc1-c1cccs1. The van der Waals surface area contributed by atoms with Crippen LogP contribution in [0.5, 0.6) is 0 Å². The van der Waals surface area contributed by atoms with Crippen molar-refractivity contribution in [3.05, 3.63) is 17.5 Å². The van der Waals surface area contributed by atoms with E-state index in [-0.39, 0.29) is 0 Å². The molecule has 0 aliphatic rings. The van der Waals surface area contributed by atoms with Gasteiger partial charge in [0.1, 0.15) is 0 Å². The average Bonchev–Trinajstić information content (AvgIpc) is 3.02. The fraction of sp³-hybridized carbons (Fsp3) is 0.417. The standard InChI is InChI=1S/C12H14N4S2/c1-2-16-11(10-6-5-9-17-10)14-15-12(16)18-8-4-3-7-13/h5-6,9H,2-4,8H2,1H3. The van der Waals surface area contributed by atoms with Crippen LogP contribution < -0.4 is 0 Å². The van der Waals surface area contributed by atoms with Crippen molar-refractivity contribution < 1.29 is 0 Å². The fourth-order valence-electron chi connectivity index (χ4n) is 1.58. The molecule has 0 radical (unpaired) electrons. The molecule has 18 heavy (non-hydrogen) atoms. The van der Waals surface area contributed by atoms with Crippen LogP contribution in [-0.4, -0.2) is 20.5 Å². The van der Waals surface area contributed by atoms with Crippen LogP contribution in [0.3, 0.4) is 0 Å². The Balaban J connectivity index is 2.10. The predicted octanol–water partition coefficient (Wildman–Crippen LogP) is 3.42. The Morgan fingerprint density at radius 3 is 3.06 bits per heavy atom. The van der Waals surface area contributed by atoms with Gasteiger partial charge in [0, 0.05) is 18.7 Å². The van der Waals surface area contributed by atoms with Gasteiger partial charge in [-0.1, -0.05) is 17.8 Å². The summed E-state index contributed by atoms with van der Waals surface area (Å²) in [5, 5.41) is 20.0. The summed E-state index contributed by atoms with van der Waals surface area (Å²) in [7, 11) is 0. The molecule has 0 aromatic carbocycles. The summed E-state index contributed by atoms with van der Waals surface area (Å²) in [6.45, 7) is 2.96. The first-order valence-corrected chi connectivity index (χ1v) is 7.70. The largest absolute Gasteiger partial charge is 0.302 e. The van der Waals surface area contributed by atoms with E-state index >= 15 is 0 Å². The summed E-state index contributed by atoms with van der Waals surface area (Å²) in [4.78, 5) is 1.15. The minimum absolute atomic E-state index is 0.602. The number of thiophene rings is 1. The normalized spacial score (nSPS) is 10.4. The second-order valence-corrected chi connectivity index (χ2v) is 5.65. The number of hydrogen-bond acceptors (Lipinski definition) is 5. The van der Waals surface area contributed by atoms with Crippen LogP contribution in [0, 0.1) is 11.3 Å². The van der Waals surface area contributed by atoms with E-state index in [0.717, 1.165) is 34.6 Å². The molecule has 0 amide bonds. The smallest absolute Gasteiger partial charge is 0.191 e. The van der Waals surface area contributed by atoms with Gasteiger partial charge in [-0.15, -0.1) is 21.5 Å². The maximum atomic E-state index is 8.50. The third kappa shape index (κ3) is 2.92. The van der Waals surface area contributed by atoms with E-state index in [9.17, 15) is 0 Å². The van der Waals surface area contributed by atoms with Crippen LogP contribution in [0.4, 0.5) is 0 Å². The quantitative estimate of drug-likeness (QED) is 0.600. The number of unbranched alkanes of at least 4 members (excludes halogenated alkanes) is 1. The van der Waals surface area contributed by atoms with Gasteiger partial charge >= 0.3 is 0 Å². The van der Waals surface area contributed by atoms with Crippen molar-refractivity contribution in [2.75, 3.05) is 5.75 Å². The van der Waals surface area contributed by atoms with Crippen molar-refractivity contribution in [1.29, 1.82) is 5.26 Å². The molecule has 0 atom stereocenters. The van der Waals surface area contributed by atoms with Gasteiger partial charge in [0.15, 0.2) is 11.0 Å². The van der Waals surface area contributed by atoms with Crippen LogP contribution in [0.25, 0.3) is 10.7 Å². The number of aromatic nitrogens is 3. The van der Waals surface area contributed by atoms with Gasteiger partial charge in [-0.2, -0.15) is 5.26 Å². The Morgan fingerprint density at radius 1 is 1.50 bits per heavy atom. The summed E-state index contributed by atoms with van der Waals surface area (Å²) in [6, 6.07) is 6.24. The first kappa shape index (κ1) is 13.1. The van der Waals surface area contributed by atoms with Gasteiger partial charge in [0.05, 0.1) is 10.9 Å². The molecular formula is C12H14N4S2. The van der Waals surface area contributed by atoms with Crippen LogP contribution in [0.1, 0.15) is 19.8 Å². The number of nitrogens with zero attached hydrogens (tertiary/aromatic N) is 4. The van der Waals surface area contributed by atoms with Gasteiger partial charge in [-0.3, -0.25) is 0 Å². The fourth-order valence-corrected chi connectivity index (χ4v) is 3.24. The summed E-state index contributed by atoms with van der Waals surface area (Å²) >= 11 is 3.35. The Labute approximate surface area is 115 Å². The van der Waals surface area contributed by atoms with E-state index in [1.807, 2.05) is 11.4 Å². The highest BCUT2D eigenvalue weighted by molar-refractivity contribution is 7.99. The van der Waals surface area contributed by atoms with Crippen molar-refractivity contribution in [1.82, 2.24) is 14.8 Å². The summed E-state index contributed by atoms with van der Waals surface area (Å²) in [6.07, 6.45) is 1.50. The highest BCUT2D eigenvalue weighted by Crippen LogP contribution is 2.27. The second-order valence-electron chi connectivity index (χ2n) is 3.64. The molecule has 0 aliphatic carbocycles. The third-order valence-corrected chi connectivity index (χ3v) is 4.36. The maximum Gasteiger partial charge on any atom is 0.191 e. The molecule has 4 nitrogen and oxygen atoms in total. The van der Waals surface area contributed by atoms with Crippen LogP contribution in [0.2, 0.25) is 0 Å². The molecule has 0 N–H and O–H groups in total. The first-order chi connectivity index (χ1) is 8.86. The van der Waals surface area contributed by atoms with E-state index < -0.39 is 0 Å². The average molecular weight is 278 g/mol. The van der Waals surface area contributed by atoms with E-state index in [1.54, 1.807) is 23.1 Å². The molecule has 0 fully saturated rings. The zero-order valence-electron chi connectivity index (χ0n) is 10.2. The zero-order valence-corrected chi connectivity index (χ0v) is 11.8. The van der Waals surface area contributed by atoms with E-state index in [0.29, 0.717) is 6.42 Å². The lowest BCUT2D eigenvalue weighted by molar-refractivity contribution is 0.687. The molecule has 2 rings (SSSR count). The molecule has 0 saturated heterocycles.